The van der Waals surface area contributed by atoms with Crippen molar-refractivity contribution in [2.75, 3.05) is 33.3 Å². The molecule has 4 rings (SSSR count). The summed E-state index contributed by atoms with van der Waals surface area (Å²) in [6.45, 7) is 2.87. The summed E-state index contributed by atoms with van der Waals surface area (Å²) in [6, 6.07) is 12.3. The van der Waals surface area contributed by atoms with Gasteiger partial charge in [-0.1, -0.05) is 18.2 Å². The zero-order valence-corrected chi connectivity index (χ0v) is 18.2. The second-order valence-electron chi connectivity index (χ2n) is 7.51. The highest BCUT2D eigenvalue weighted by Gasteiger charge is 2.31. The first-order valence-corrected chi connectivity index (χ1v) is 11.0. The number of alkyl halides is 3. The number of hydrogen-bond acceptors (Lipinski definition) is 5. The molecule has 0 N–H and O–H groups in total. The molecule has 2 aromatic carbocycles. The van der Waals surface area contributed by atoms with Crippen molar-refractivity contribution >= 4 is 17.2 Å². The lowest BCUT2D eigenvalue weighted by molar-refractivity contribution is -0.137. The van der Waals surface area contributed by atoms with Gasteiger partial charge in [0.1, 0.15) is 10.8 Å². The summed E-state index contributed by atoms with van der Waals surface area (Å²) in [4.78, 5) is 21.2. The zero-order chi connectivity index (χ0) is 22.7. The van der Waals surface area contributed by atoms with Crippen LogP contribution in [0.2, 0.25) is 0 Å². The van der Waals surface area contributed by atoms with Gasteiger partial charge in [-0.25, -0.2) is 4.98 Å². The topological polar surface area (TPSA) is 45.7 Å². The van der Waals surface area contributed by atoms with Crippen LogP contribution < -0.4 is 4.74 Å². The first-order valence-electron chi connectivity index (χ1n) is 10.1. The Morgan fingerprint density at radius 2 is 1.84 bits per heavy atom. The molecule has 5 nitrogen and oxygen atoms in total. The number of methoxy groups -OCH3 is 1. The van der Waals surface area contributed by atoms with E-state index in [2.05, 4.69) is 4.90 Å². The SMILES string of the molecule is COc1cccc(-c2csc(CN3CCN(C(=O)c4cccc(C(F)(F)F)c4)CC3)n2)c1. The standard InChI is InChI=1S/C23H22F3N3O2S/c1-31-19-7-3-4-16(13-19)20-15-32-21(27-20)14-28-8-10-29(11-9-28)22(30)17-5-2-6-18(12-17)23(24,25)26/h2-7,12-13,15H,8-11,14H2,1H3. The van der Waals surface area contributed by atoms with Crippen molar-refractivity contribution in [3.8, 4) is 17.0 Å². The first kappa shape index (κ1) is 22.3. The van der Waals surface area contributed by atoms with Gasteiger partial charge in [-0.05, 0) is 30.3 Å². The van der Waals surface area contributed by atoms with Crippen LogP contribution in [0.15, 0.2) is 53.9 Å². The highest BCUT2D eigenvalue weighted by Crippen LogP contribution is 2.30. The lowest BCUT2D eigenvalue weighted by Gasteiger charge is -2.34. The molecular formula is C23H22F3N3O2S. The minimum Gasteiger partial charge on any atom is -0.497 e. The van der Waals surface area contributed by atoms with Crippen LogP contribution in [0.25, 0.3) is 11.3 Å². The molecule has 0 saturated carbocycles. The summed E-state index contributed by atoms with van der Waals surface area (Å²) in [5.74, 6) is 0.406. The third-order valence-electron chi connectivity index (χ3n) is 5.37. The number of benzene rings is 2. The van der Waals surface area contributed by atoms with Crippen LogP contribution in [-0.4, -0.2) is 54.0 Å². The lowest BCUT2D eigenvalue weighted by Crippen LogP contribution is -2.48. The molecule has 0 radical (unpaired) electrons. The van der Waals surface area contributed by atoms with E-state index in [0.29, 0.717) is 32.7 Å². The van der Waals surface area contributed by atoms with E-state index in [0.717, 1.165) is 34.1 Å². The van der Waals surface area contributed by atoms with Gasteiger partial charge in [0.15, 0.2) is 0 Å². The van der Waals surface area contributed by atoms with E-state index < -0.39 is 11.7 Å². The Hall–Kier alpha value is -2.91. The van der Waals surface area contributed by atoms with Gasteiger partial charge in [-0.3, -0.25) is 9.69 Å². The Bertz CT molecular complexity index is 1090. The van der Waals surface area contributed by atoms with Crippen LogP contribution in [0.3, 0.4) is 0 Å². The molecule has 0 atom stereocenters. The van der Waals surface area contributed by atoms with Crippen molar-refractivity contribution in [3.05, 3.63) is 70.0 Å². The molecule has 1 aliphatic heterocycles. The van der Waals surface area contributed by atoms with Crippen LogP contribution in [0.5, 0.6) is 5.75 Å². The van der Waals surface area contributed by atoms with Crippen LogP contribution >= 0.6 is 11.3 Å². The number of piperazine rings is 1. The molecule has 1 aliphatic rings. The third-order valence-corrected chi connectivity index (χ3v) is 6.21. The lowest BCUT2D eigenvalue weighted by atomic mass is 10.1. The molecule has 1 saturated heterocycles. The maximum Gasteiger partial charge on any atom is 0.416 e. The number of thiazole rings is 1. The molecule has 32 heavy (non-hydrogen) atoms. The number of halogens is 3. The fraction of sp³-hybridized carbons (Fsp3) is 0.304. The molecule has 3 aromatic rings. The van der Waals surface area contributed by atoms with E-state index in [-0.39, 0.29) is 11.5 Å². The smallest absolute Gasteiger partial charge is 0.416 e. The van der Waals surface area contributed by atoms with Gasteiger partial charge in [0.25, 0.3) is 5.91 Å². The summed E-state index contributed by atoms with van der Waals surface area (Å²) in [6.07, 6.45) is -4.47. The molecule has 2 heterocycles. The number of hydrogen-bond donors (Lipinski definition) is 0. The summed E-state index contributed by atoms with van der Waals surface area (Å²) in [5, 5.41) is 2.98. The average Bonchev–Trinajstić information content (AvgIpc) is 3.27. The van der Waals surface area contributed by atoms with E-state index in [1.54, 1.807) is 23.3 Å². The van der Waals surface area contributed by atoms with Crippen molar-refractivity contribution in [1.29, 1.82) is 0 Å². The molecule has 1 amide bonds. The minimum atomic E-state index is -4.47. The summed E-state index contributed by atoms with van der Waals surface area (Å²) < 4.78 is 44.1. The molecule has 0 bridgehead atoms. The van der Waals surface area contributed by atoms with E-state index in [1.807, 2.05) is 29.6 Å². The van der Waals surface area contributed by atoms with Crippen LogP contribution in [0.1, 0.15) is 20.9 Å². The maximum atomic E-state index is 12.9. The Balaban J connectivity index is 1.34. The summed E-state index contributed by atoms with van der Waals surface area (Å²) in [5.41, 5.74) is 1.14. The highest BCUT2D eigenvalue weighted by molar-refractivity contribution is 7.09. The van der Waals surface area contributed by atoms with Crippen LogP contribution in [0.4, 0.5) is 13.2 Å². The van der Waals surface area contributed by atoms with Crippen molar-refractivity contribution in [3.63, 3.8) is 0 Å². The quantitative estimate of drug-likeness (QED) is 0.548. The number of amides is 1. The van der Waals surface area contributed by atoms with Gasteiger partial charge >= 0.3 is 6.18 Å². The van der Waals surface area contributed by atoms with Crippen LogP contribution in [0, 0.1) is 0 Å². The minimum absolute atomic E-state index is 0.0659. The zero-order valence-electron chi connectivity index (χ0n) is 17.4. The fourth-order valence-electron chi connectivity index (χ4n) is 3.61. The normalized spacial score (nSPS) is 15.1. The predicted molar refractivity (Wildman–Crippen MR) is 117 cm³/mol. The number of aromatic nitrogens is 1. The van der Waals surface area contributed by atoms with E-state index in [4.69, 9.17) is 9.72 Å². The van der Waals surface area contributed by atoms with Gasteiger partial charge in [-0.15, -0.1) is 11.3 Å². The first-order chi connectivity index (χ1) is 15.3. The number of ether oxygens (including phenoxy) is 1. The van der Waals surface area contributed by atoms with Crippen molar-refractivity contribution in [2.24, 2.45) is 0 Å². The van der Waals surface area contributed by atoms with Gasteiger partial charge in [0.05, 0.1) is 24.9 Å². The molecule has 0 spiro atoms. The molecular weight excluding hydrogens is 439 g/mol. The van der Waals surface area contributed by atoms with E-state index in [9.17, 15) is 18.0 Å². The number of carbonyl (C=O) groups excluding carboxylic acids is 1. The third kappa shape index (κ3) is 5.11. The van der Waals surface area contributed by atoms with E-state index in [1.165, 1.54) is 12.1 Å². The Morgan fingerprint density at radius 3 is 2.56 bits per heavy atom. The maximum absolute atomic E-state index is 12.9. The fourth-order valence-corrected chi connectivity index (χ4v) is 4.45. The van der Waals surface area contributed by atoms with Crippen molar-refractivity contribution < 1.29 is 22.7 Å². The Kier molecular flexibility index (Phi) is 6.48. The summed E-state index contributed by atoms with van der Waals surface area (Å²) in [7, 11) is 1.63. The number of rotatable bonds is 5. The van der Waals surface area contributed by atoms with Gasteiger partial charge in [-0.2, -0.15) is 13.2 Å². The van der Waals surface area contributed by atoms with E-state index >= 15 is 0 Å². The summed E-state index contributed by atoms with van der Waals surface area (Å²) >= 11 is 1.58. The van der Waals surface area contributed by atoms with Gasteiger partial charge in [0, 0.05) is 42.7 Å². The number of nitrogens with zero attached hydrogens (tertiary/aromatic N) is 3. The Morgan fingerprint density at radius 1 is 1.09 bits per heavy atom. The number of carbonyl (C=O) groups is 1. The second kappa shape index (κ2) is 9.30. The monoisotopic (exact) mass is 461 g/mol. The molecule has 1 aromatic heterocycles. The van der Waals surface area contributed by atoms with Gasteiger partial charge < -0.3 is 9.64 Å². The molecule has 0 unspecified atom stereocenters. The Labute approximate surface area is 188 Å². The highest BCUT2D eigenvalue weighted by atomic mass is 32.1. The van der Waals surface area contributed by atoms with Crippen LogP contribution in [-0.2, 0) is 12.7 Å². The molecule has 1 fully saturated rings. The molecule has 9 heteroatoms. The largest absolute Gasteiger partial charge is 0.497 e. The molecule has 168 valence electrons. The second-order valence-corrected chi connectivity index (χ2v) is 8.45. The molecule has 0 aliphatic carbocycles. The average molecular weight is 462 g/mol. The van der Waals surface area contributed by atoms with Crippen molar-refractivity contribution in [1.82, 2.24) is 14.8 Å². The van der Waals surface area contributed by atoms with Gasteiger partial charge in [0.2, 0.25) is 0 Å². The van der Waals surface area contributed by atoms with Crippen molar-refractivity contribution in [2.45, 2.75) is 12.7 Å². The predicted octanol–water partition coefficient (Wildman–Crippen LogP) is 4.80.